The molecule has 2 atom stereocenters. The molecule has 0 radical (unpaired) electrons. The van der Waals surface area contributed by atoms with Gasteiger partial charge >= 0.3 is 0 Å². The molecule has 188 valence electrons. The minimum atomic E-state index is -0.392. The van der Waals surface area contributed by atoms with Crippen molar-refractivity contribution in [2.75, 3.05) is 7.05 Å². The summed E-state index contributed by atoms with van der Waals surface area (Å²) in [4.78, 5) is 37.5. The monoisotopic (exact) mass is 499 g/mol. The first-order chi connectivity index (χ1) is 17.9. The molecule has 1 fully saturated rings. The van der Waals surface area contributed by atoms with Gasteiger partial charge in [0, 0.05) is 29.6 Å². The molecule has 3 aromatic carbocycles. The van der Waals surface area contributed by atoms with Crippen molar-refractivity contribution in [2.24, 2.45) is 11.7 Å². The third-order valence-corrected chi connectivity index (χ3v) is 6.90. The number of rotatable bonds is 6. The number of carbonyl (C=O) groups is 3. The summed E-state index contributed by atoms with van der Waals surface area (Å²) in [6.45, 7) is 0. The number of nitrogens with one attached hydrogen (secondary N) is 2. The van der Waals surface area contributed by atoms with Crippen LogP contribution in [-0.4, -0.2) is 30.8 Å². The summed E-state index contributed by atoms with van der Waals surface area (Å²) in [5.74, 6) is -1.38. The Kier molecular flexibility index (Phi) is 6.48. The van der Waals surface area contributed by atoms with Crippen LogP contribution in [0, 0.1) is 11.7 Å². The average molecular weight is 500 g/mol. The fraction of sp³-hybridized carbons (Fsp3) is 0.207. The first-order valence-electron chi connectivity index (χ1n) is 12.1. The summed E-state index contributed by atoms with van der Waals surface area (Å²) in [6, 6.07) is 18.1. The lowest BCUT2D eigenvalue weighted by Gasteiger charge is -2.18. The van der Waals surface area contributed by atoms with Crippen molar-refractivity contribution in [3.63, 3.8) is 0 Å². The molecular formula is C29H26FN3O4. The predicted molar refractivity (Wildman–Crippen MR) is 138 cm³/mol. The van der Waals surface area contributed by atoms with Crippen molar-refractivity contribution in [1.82, 2.24) is 10.6 Å². The summed E-state index contributed by atoms with van der Waals surface area (Å²) in [5.41, 5.74) is 8.95. The van der Waals surface area contributed by atoms with E-state index in [0.717, 1.165) is 24.0 Å². The highest BCUT2D eigenvalue weighted by molar-refractivity contribution is 6.11. The largest absolute Gasteiger partial charge is 0.455 e. The van der Waals surface area contributed by atoms with Crippen LogP contribution in [0.5, 0.6) is 0 Å². The number of hydrogen-bond acceptors (Lipinski definition) is 4. The average Bonchev–Trinajstić information content (AvgIpc) is 3.53. The minimum absolute atomic E-state index is 0.268. The molecule has 0 saturated heterocycles. The zero-order valence-corrected chi connectivity index (χ0v) is 20.2. The van der Waals surface area contributed by atoms with E-state index >= 15 is 0 Å². The lowest BCUT2D eigenvalue weighted by Crippen LogP contribution is -2.42. The van der Waals surface area contributed by atoms with Gasteiger partial charge in [0.1, 0.15) is 17.2 Å². The maximum Gasteiger partial charge on any atom is 0.255 e. The Morgan fingerprint density at radius 2 is 1.65 bits per heavy atom. The van der Waals surface area contributed by atoms with Crippen molar-refractivity contribution in [3.05, 3.63) is 83.7 Å². The summed E-state index contributed by atoms with van der Waals surface area (Å²) in [5, 5.41) is 6.21. The molecule has 4 N–H and O–H groups in total. The van der Waals surface area contributed by atoms with Gasteiger partial charge in [0.2, 0.25) is 5.91 Å². The van der Waals surface area contributed by atoms with Gasteiger partial charge < -0.3 is 20.8 Å². The zero-order chi connectivity index (χ0) is 26.1. The van der Waals surface area contributed by atoms with E-state index in [2.05, 4.69) is 10.6 Å². The predicted octanol–water partition coefficient (Wildman–Crippen LogP) is 4.65. The second-order valence-corrected chi connectivity index (χ2v) is 9.20. The van der Waals surface area contributed by atoms with Gasteiger partial charge in [0.25, 0.3) is 11.8 Å². The number of benzene rings is 3. The van der Waals surface area contributed by atoms with E-state index in [0.29, 0.717) is 39.8 Å². The van der Waals surface area contributed by atoms with Crippen LogP contribution in [0.2, 0.25) is 0 Å². The normalized spacial score (nSPS) is 17.0. The molecule has 0 spiro atoms. The molecule has 1 aromatic heterocycles. The van der Waals surface area contributed by atoms with E-state index in [4.69, 9.17) is 10.2 Å². The number of nitrogens with two attached hydrogens (primary N) is 1. The SMILES string of the molecule is CNC(=O)c1c(-c2ccc(F)cc2)oc2ccc(-c3cccc(C(=O)NC4CCC[C@H]4C(N)=O)c3)cc12. The number of hydrogen-bond donors (Lipinski definition) is 3. The standard InChI is InChI=1S/C29H26FN3O4/c1-32-29(36)25-22-15-18(10-13-24(22)37-26(25)16-8-11-20(30)12-9-16)17-4-2-5-19(14-17)28(35)33-23-7-3-6-21(23)27(31)34/h2,4-5,8-15,21,23H,3,6-7H2,1H3,(H2,31,34)(H,32,36)(H,33,35)/t21-,23?/m1/s1. The van der Waals surface area contributed by atoms with Crippen LogP contribution in [0.1, 0.15) is 40.0 Å². The van der Waals surface area contributed by atoms with Gasteiger partial charge in [-0.25, -0.2) is 4.39 Å². The van der Waals surface area contributed by atoms with Gasteiger partial charge in [-0.1, -0.05) is 24.6 Å². The van der Waals surface area contributed by atoms with E-state index in [9.17, 15) is 18.8 Å². The quantitative estimate of drug-likeness (QED) is 0.358. The lowest BCUT2D eigenvalue weighted by molar-refractivity contribution is -0.122. The summed E-state index contributed by atoms with van der Waals surface area (Å²) < 4.78 is 19.5. The van der Waals surface area contributed by atoms with Crippen molar-refractivity contribution < 1.29 is 23.2 Å². The summed E-state index contributed by atoms with van der Waals surface area (Å²) in [7, 11) is 1.54. The number of furan rings is 1. The van der Waals surface area contributed by atoms with Crippen LogP contribution < -0.4 is 16.4 Å². The molecule has 3 amide bonds. The van der Waals surface area contributed by atoms with Gasteiger partial charge in [-0.15, -0.1) is 0 Å². The molecule has 0 bridgehead atoms. The van der Waals surface area contributed by atoms with E-state index in [1.54, 1.807) is 36.4 Å². The molecule has 1 unspecified atom stereocenters. The highest BCUT2D eigenvalue weighted by atomic mass is 19.1. The minimum Gasteiger partial charge on any atom is -0.455 e. The Morgan fingerprint density at radius 1 is 0.919 bits per heavy atom. The fourth-order valence-corrected chi connectivity index (χ4v) is 5.00. The van der Waals surface area contributed by atoms with E-state index < -0.39 is 5.91 Å². The Bertz CT molecular complexity index is 1510. The molecule has 37 heavy (non-hydrogen) atoms. The first kappa shape index (κ1) is 24.2. The number of primary amides is 1. The molecule has 0 aliphatic heterocycles. The molecule has 1 aliphatic rings. The molecule has 7 nitrogen and oxygen atoms in total. The fourth-order valence-electron chi connectivity index (χ4n) is 5.00. The molecule has 1 heterocycles. The number of carbonyl (C=O) groups excluding carboxylic acids is 3. The van der Waals surface area contributed by atoms with Crippen molar-refractivity contribution in [2.45, 2.75) is 25.3 Å². The molecule has 8 heteroatoms. The maximum atomic E-state index is 13.5. The topological polar surface area (TPSA) is 114 Å². The third-order valence-electron chi connectivity index (χ3n) is 6.90. The Labute approximate surface area is 212 Å². The van der Waals surface area contributed by atoms with E-state index in [-0.39, 0.29) is 29.6 Å². The van der Waals surface area contributed by atoms with Crippen LogP contribution in [0.25, 0.3) is 33.4 Å². The zero-order valence-electron chi connectivity index (χ0n) is 20.2. The highest BCUT2D eigenvalue weighted by Crippen LogP contribution is 2.36. The lowest BCUT2D eigenvalue weighted by atomic mass is 9.98. The molecular weight excluding hydrogens is 473 g/mol. The molecule has 1 saturated carbocycles. The number of amides is 3. The van der Waals surface area contributed by atoms with Crippen LogP contribution >= 0.6 is 0 Å². The molecule has 1 aliphatic carbocycles. The van der Waals surface area contributed by atoms with Gasteiger partial charge in [-0.05, 0) is 72.5 Å². The number of fused-ring (bicyclic) bond motifs is 1. The van der Waals surface area contributed by atoms with Crippen LogP contribution in [-0.2, 0) is 4.79 Å². The van der Waals surface area contributed by atoms with E-state index in [1.807, 2.05) is 18.2 Å². The van der Waals surface area contributed by atoms with Crippen LogP contribution in [0.15, 0.2) is 71.1 Å². The van der Waals surface area contributed by atoms with Gasteiger partial charge in [-0.2, -0.15) is 0 Å². The first-order valence-corrected chi connectivity index (χ1v) is 12.1. The van der Waals surface area contributed by atoms with Gasteiger partial charge in [0.05, 0.1) is 11.5 Å². The second kappa shape index (κ2) is 9.89. The Balaban J connectivity index is 1.50. The Morgan fingerprint density at radius 3 is 2.38 bits per heavy atom. The Hall–Kier alpha value is -4.46. The smallest absolute Gasteiger partial charge is 0.255 e. The third kappa shape index (κ3) is 4.70. The second-order valence-electron chi connectivity index (χ2n) is 9.20. The van der Waals surface area contributed by atoms with Crippen LogP contribution in [0.4, 0.5) is 4.39 Å². The van der Waals surface area contributed by atoms with E-state index in [1.165, 1.54) is 19.2 Å². The maximum absolute atomic E-state index is 13.5. The van der Waals surface area contributed by atoms with Gasteiger partial charge in [-0.3, -0.25) is 14.4 Å². The highest BCUT2D eigenvalue weighted by Gasteiger charge is 2.32. The van der Waals surface area contributed by atoms with Crippen molar-refractivity contribution in [3.8, 4) is 22.5 Å². The molecule has 5 rings (SSSR count). The summed E-state index contributed by atoms with van der Waals surface area (Å²) >= 11 is 0. The summed E-state index contributed by atoms with van der Waals surface area (Å²) in [6.07, 6.45) is 2.24. The van der Waals surface area contributed by atoms with Crippen molar-refractivity contribution >= 4 is 28.7 Å². The van der Waals surface area contributed by atoms with Crippen molar-refractivity contribution in [1.29, 1.82) is 0 Å². The van der Waals surface area contributed by atoms with Gasteiger partial charge in [0.15, 0.2) is 0 Å². The van der Waals surface area contributed by atoms with Crippen LogP contribution in [0.3, 0.4) is 0 Å². The molecule has 4 aromatic rings. The number of halogens is 1.